The van der Waals surface area contributed by atoms with Gasteiger partial charge in [-0.15, -0.1) is 0 Å². The Labute approximate surface area is 166 Å². The third-order valence-corrected chi connectivity index (χ3v) is 4.05. The zero-order valence-electron chi connectivity index (χ0n) is 15.4. The fourth-order valence-corrected chi connectivity index (χ4v) is 2.71. The smallest absolute Gasteiger partial charge is 0.350 e. The van der Waals surface area contributed by atoms with Crippen molar-refractivity contribution in [3.63, 3.8) is 0 Å². The van der Waals surface area contributed by atoms with Crippen molar-refractivity contribution in [1.29, 1.82) is 0 Å². The van der Waals surface area contributed by atoms with Gasteiger partial charge in [-0.2, -0.15) is 4.98 Å². The number of aromatic nitrogens is 2. The molecule has 0 unspecified atom stereocenters. The third kappa shape index (κ3) is 5.52. The maximum atomic E-state index is 12.4. The van der Waals surface area contributed by atoms with E-state index in [4.69, 9.17) is 9.84 Å². The third-order valence-electron chi connectivity index (χ3n) is 4.05. The number of aliphatic carboxylic acids is 1. The topological polar surface area (TPSA) is 111 Å². The van der Waals surface area contributed by atoms with Gasteiger partial charge in [0.15, 0.2) is 6.10 Å². The molecular formula is C21H19N3O5. The number of carbonyl (C=O) groups excluding carboxylic acids is 1. The number of carbonyl (C=O) groups is 2. The second kappa shape index (κ2) is 9.32. The SMILES string of the molecule is O=C(O)Cn1ccc(NCC(=O)OC(c2ccccc2)c2ccccc2)nc1=O. The van der Waals surface area contributed by atoms with Crippen LogP contribution in [0.15, 0.2) is 77.7 Å². The first kappa shape index (κ1) is 19.8. The van der Waals surface area contributed by atoms with Crippen LogP contribution in [0.4, 0.5) is 5.82 Å². The molecule has 29 heavy (non-hydrogen) atoms. The first-order chi connectivity index (χ1) is 14.0. The fraction of sp³-hybridized carbons (Fsp3) is 0.143. The molecule has 0 amide bonds. The summed E-state index contributed by atoms with van der Waals surface area (Å²) in [6, 6.07) is 20.2. The van der Waals surface area contributed by atoms with Crippen LogP contribution in [0, 0.1) is 0 Å². The minimum absolute atomic E-state index is 0.157. The largest absolute Gasteiger partial charge is 0.480 e. The monoisotopic (exact) mass is 393 g/mol. The van der Waals surface area contributed by atoms with Gasteiger partial charge in [0.05, 0.1) is 0 Å². The van der Waals surface area contributed by atoms with E-state index in [2.05, 4.69) is 10.3 Å². The van der Waals surface area contributed by atoms with E-state index in [0.717, 1.165) is 15.7 Å². The molecule has 0 fully saturated rings. The van der Waals surface area contributed by atoms with E-state index >= 15 is 0 Å². The van der Waals surface area contributed by atoms with Crippen LogP contribution in [0.25, 0.3) is 0 Å². The van der Waals surface area contributed by atoms with Crippen molar-refractivity contribution in [2.45, 2.75) is 12.6 Å². The summed E-state index contributed by atoms with van der Waals surface area (Å²) < 4.78 is 6.61. The van der Waals surface area contributed by atoms with Crippen molar-refractivity contribution < 1.29 is 19.4 Å². The molecule has 0 spiro atoms. The Morgan fingerprint density at radius 2 is 1.59 bits per heavy atom. The Hall–Kier alpha value is -3.94. The number of nitrogens with one attached hydrogen (secondary N) is 1. The minimum Gasteiger partial charge on any atom is -0.480 e. The van der Waals surface area contributed by atoms with Crippen molar-refractivity contribution >= 4 is 17.8 Å². The van der Waals surface area contributed by atoms with E-state index in [9.17, 15) is 14.4 Å². The summed E-state index contributed by atoms with van der Waals surface area (Å²) in [7, 11) is 0. The summed E-state index contributed by atoms with van der Waals surface area (Å²) in [5.41, 5.74) is 0.945. The average molecular weight is 393 g/mol. The molecule has 148 valence electrons. The fourth-order valence-electron chi connectivity index (χ4n) is 2.71. The Morgan fingerprint density at radius 1 is 1.00 bits per heavy atom. The zero-order chi connectivity index (χ0) is 20.6. The van der Waals surface area contributed by atoms with E-state index in [-0.39, 0.29) is 12.4 Å². The summed E-state index contributed by atoms with van der Waals surface area (Å²) in [5.74, 6) is -1.52. The van der Waals surface area contributed by atoms with E-state index in [1.54, 1.807) is 0 Å². The lowest BCUT2D eigenvalue weighted by Gasteiger charge is -2.19. The summed E-state index contributed by atoms with van der Waals surface area (Å²) >= 11 is 0. The Balaban J connectivity index is 1.67. The molecule has 0 bridgehead atoms. The van der Waals surface area contributed by atoms with Gasteiger partial charge in [0, 0.05) is 6.20 Å². The molecule has 0 aliphatic carbocycles. The minimum atomic E-state index is -1.15. The number of ether oxygens (including phenoxy) is 1. The van der Waals surface area contributed by atoms with Crippen molar-refractivity contribution in [2.24, 2.45) is 0 Å². The van der Waals surface area contributed by atoms with Crippen LogP contribution in [0.1, 0.15) is 17.2 Å². The van der Waals surface area contributed by atoms with Gasteiger partial charge in [-0.3, -0.25) is 14.2 Å². The summed E-state index contributed by atoms with van der Waals surface area (Å²) in [6.07, 6.45) is 0.733. The highest BCUT2D eigenvalue weighted by Gasteiger charge is 2.18. The predicted molar refractivity (Wildman–Crippen MR) is 105 cm³/mol. The maximum Gasteiger partial charge on any atom is 0.350 e. The average Bonchev–Trinajstić information content (AvgIpc) is 2.73. The quantitative estimate of drug-likeness (QED) is 0.564. The van der Waals surface area contributed by atoms with Gasteiger partial charge in [0.2, 0.25) is 0 Å². The molecule has 0 aliphatic heterocycles. The molecule has 8 heteroatoms. The van der Waals surface area contributed by atoms with Gasteiger partial charge in [0.25, 0.3) is 0 Å². The van der Waals surface area contributed by atoms with Crippen molar-refractivity contribution in [1.82, 2.24) is 9.55 Å². The van der Waals surface area contributed by atoms with Crippen molar-refractivity contribution in [3.8, 4) is 0 Å². The highest BCUT2D eigenvalue weighted by atomic mass is 16.5. The molecule has 1 aromatic heterocycles. The molecule has 0 radical (unpaired) electrons. The first-order valence-electron chi connectivity index (χ1n) is 8.85. The van der Waals surface area contributed by atoms with Gasteiger partial charge < -0.3 is 15.2 Å². The van der Waals surface area contributed by atoms with Gasteiger partial charge in [-0.05, 0) is 17.2 Å². The second-order valence-electron chi connectivity index (χ2n) is 6.16. The zero-order valence-corrected chi connectivity index (χ0v) is 15.4. The first-order valence-corrected chi connectivity index (χ1v) is 8.85. The Bertz CT molecular complexity index is 995. The van der Waals surface area contributed by atoms with Crippen LogP contribution in [0.3, 0.4) is 0 Å². The van der Waals surface area contributed by atoms with Crippen LogP contribution in [-0.2, 0) is 20.9 Å². The number of hydrogen-bond donors (Lipinski definition) is 2. The molecule has 2 aromatic carbocycles. The number of carboxylic acid groups (broad SMARTS) is 1. The van der Waals surface area contributed by atoms with E-state index < -0.39 is 30.3 Å². The molecule has 0 saturated carbocycles. The summed E-state index contributed by atoms with van der Waals surface area (Å²) in [6.45, 7) is -0.685. The highest BCUT2D eigenvalue weighted by Crippen LogP contribution is 2.25. The van der Waals surface area contributed by atoms with Crippen molar-refractivity contribution in [2.75, 3.05) is 11.9 Å². The van der Waals surface area contributed by atoms with E-state index in [1.165, 1.54) is 12.3 Å². The number of rotatable bonds is 8. The lowest BCUT2D eigenvalue weighted by Crippen LogP contribution is -2.27. The van der Waals surface area contributed by atoms with Gasteiger partial charge in [-0.25, -0.2) is 4.79 Å². The second-order valence-corrected chi connectivity index (χ2v) is 6.16. The number of nitrogens with zero attached hydrogens (tertiary/aromatic N) is 2. The molecular weight excluding hydrogens is 374 g/mol. The normalized spacial score (nSPS) is 10.5. The van der Waals surface area contributed by atoms with E-state index in [0.29, 0.717) is 0 Å². The van der Waals surface area contributed by atoms with Crippen LogP contribution >= 0.6 is 0 Å². The van der Waals surface area contributed by atoms with Gasteiger partial charge in [0.1, 0.15) is 18.9 Å². The maximum absolute atomic E-state index is 12.4. The number of anilines is 1. The predicted octanol–water partition coefficient (Wildman–Crippen LogP) is 2.07. The number of esters is 1. The molecule has 2 N–H and O–H groups in total. The Morgan fingerprint density at radius 3 is 2.10 bits per heavy atom. The standard InChI is InChI=1S/C21H19N3O5/c25-18(26)14-24-12-11-17(23-21(24)28)22-13-19(27)29-20(15-7-3-1-4-8-15)16-9-5-2-6-10-16/h1-12,20H,13-14H2,(H,25,26)(H,22,23,28). The molecule has 0 aliphatic rings. The van der Waals surface area contributed by atoms with E-state index in [1.807, 2.05) is 60.7 Å². The van der Waals surface area contributed by atoms with Crippen LogP contribution in [-0.4, -0.2) is 33.1 Å². The van der Waals surface area contributed by atoms with Crippen LogP contribution in [0.5, 0.6) is 0 Å². The summed E-state index contributed by atoms with van der Waals surface area (Å²) in [5, 5.41) is 11.5. The van der Waals surface area contributed by atoms with Crippen LogP contribution in [0.2, 0.25) is 0 Å². The molecule has 1 heterocycles. The van der Waals surface area contributed by atoms with Gasteiger partial charge in [-0.1, -0.05) is 60.7 Å². The Kier molecular flexibility index (Phi) is 6.36. The molecule has 8 nitrogen and oxygen atoms in total. The number of carboxylic acids is 1. The molecule has 0 atom stereocenters. The molecule has 0 saturated heterocycles. The highest BCUT2D eigenvalue weighted by molar-refractivity contribution is 5.75. The summed E-state index contributed by atoms with van der Waals surface area (Å²) in [4.78, 5) is 38.6. The molecule has 3 rings (SSSR count). The lowest BCUT2D eigenvalue weighted by atomic mass is 10.0. The lowest BCUT2D eigenvalue weighted by molar-refractivity contribution is -0.145. The van der Waals surface area contributed by atoms with Crippen molar-refractivity contribution in [3.05, 3.63) is 94.5 Å². The number of hydrogen-bond acceptors (Lipinski definition) is 6. The molecule has 3 aromatic rings. The van der Waals surface area contributed by atoms with Gasteiger partial charge >= 0.3 is 17.6 Å². The van der Waals surface area contributed by atoms with Crippen LogP contribution < -0.4 is 11.0 Å². The number of benzene rings is 2.